The molecule has 0 fully saturated rings. The zero-order valence-electron chi connectivity index (χ0n) is 10.6. The number of nitrogens with zero attached hydrogens (tertiary/aromatic N) is 2. The zero-order chi connectivity index (χ0) is 14.4. The third-order valence-corrected chi connectivity index (χ3v) is 5.81. The Morgan fingerprint density at radius 2 is 2.00 bits per heavy atom. The molecule has 0 saturated carbocycles. The number of aromatic nitrogens is 2. The highest BCUT2D eigenvalue weighted by molar-refractivity contribution is 9.10. The molecular weight excluding hydrogens is 378 g/mol. The van der Waals surface area contributed by atoms with E-state index in [1.165, 1.54) is 0 Å². The molecule has 0 unspecified atom stereocenters. The molecule has 1 aromatic carbocycles. The van der Waals surface area contributed by atoms with Gasteiger partial charge in [-0.15, -0.1) is 10.2 Å². The molecule has 0 atom stereocenters. The summed E-state index contributed by atoms with van der Waals surface area (Å²) in [4.78, 5) is 11.8. The smallest absolute Gasteiger partial charge is 0.225 e. The van der Waals surface area contributed by atoms with Gasteiger partial charge >= 0.3 is 0 Å². The minimum atomic E-state index is 0.00873. The largest absolute Gasteiger partial charge is 0.326 e. The van der Waals surface area contributed by atoms with Gasteiger partial charge in [-0.3, -0.25) is 4.79 Å². The molecule has 2 rings (SSSR count). The minimum Gasteiger partial charge on any atom is -0.326 e. The first-order valence-corrected chi connectivity index (χ1v) is 9.55. The van der Waals surface area contributed by atoms with Gasteiger partial charge in [-0.05, 0) is 30.5 Å². The molecule has 1 amide bonds. The molecule has 1 aromatic heterocycles. The van der Waals surface area contributed by atoms with Gasteiger partial charge < -0.3 is 5.32 Å². The molecule has 106 valence electrons. The molecule has 20 heavy (non-hydrogen) atoms. The van der Waals surface area contributed by atoms with Gasteiger partial charge in [-0.25, -0.2) is 0 Å². The summed E-state index contributed by atoms with van der Waals surface area (Å²) in [7, 11) is 0. The lowest BCUT2D eigenvalue weighted by Crippen LogP contribution is -2.11. The Morgan fingerprint density at radius 3 is 2.65 bits per heavy atom. The summed E-state index contributed by atoms with van der Waals surface area (Å²) < 4.78 is 2.85. The second kappa shape index (κ2) is 8.02. The normalized spacial score (nSPS) is 10.5. The van der Waals surface area contributed by atoms with Crippen molar-refractivity contribution in [1.29, 1.82) is 0 Å². The van der Waals surface area contributed by atoms with E-state index in [0.29, 0.717) is 12.2 Å². The van der Waals surface area contributed by atoms with Crippen LogP contribution in [0.2, 0.25) is 0 Å². The summed E-state index contributed by atoms with van der Waals surface area (Å²) in [6.07, 6.45) is 2.43. The number of rotatable bonds is 6. The van der Waals surface area contributed by atoms with Crippen LogP contribution in [0.4, 0.5) is 5.69 Å². The van der Waals surface area contributed by atoms with Crippen LogP contribution in [0.25, 0.3) is 0 Å². The lowest BCUT2D eigenvalue weighted by Gasteiger charge is -2.04. The van der Waals surface area contributed by atoms with Crippen LogP contribution in [0.5, 0.6) is 0 Å². The molecule has 8 heteroatoms. The van der Waals surface area contributed by atoms with Crippen LogP contribution in [-0.2, 0) is 4.79 Å². The van der Waals surface area contributed by atoms with Crippen LogP contribution in [0.15, 0.2) is 37.4 Å². The highest BCUT2D eigenvalue weighted by Gasteiger charge is 2.06. The van der Waals surface area contributed by atoms with Crippen molar-refractivity contribution >= 4 is 62.4 Å². The minimum absolute atomic E-state index is 0.00873. The first-order valence-electron chi connectivity index (χ1n) is 5.73. The second-order valence-electron chi connectivity index (χ2n) is 3.69. The molecule has 1 heterocycles. The highest BCUT2D eigenvalue weighted by Crippen LogP contribution is 2.27. The summed E-state index contributed by atoms with van der Waals surface area (Å²) in [5, 5.41) is 10.9. The molecule has 0 aliphatic heterocycles. The molecule has 0 bridgehead atoms. The highest BCUT2D eigenvalue weighted by atomic mass is 79.9. The molecule has 1 N–H and O–H groups in total. The number of nitrogens with one attached hydrogen (secondary N) is 1. The fraction of sp³-hybridized carbons (Fsp3) is 0.250. The molecule has 0 aliphatic rings. The average Bonchev–Trinajstić information content (AvgIpc) is 2.89. The van der Waals surface area contributed by atoms with Gasteiger partial charge in [0.2, 0.25) is 5.91 Å². The molecular formula is C12H12BrN3OS3. The molecule has 0 radical (unpaired) electrons. The first-order chi connectivity index (χ1) is 9.67. The number of hydrogen-bond acceptors (Lipinski definition) is 6. The summed E-state index contributed by atoms with van der Waals surface area (Å²) in [6, 6.07) is 7.53. The third kappa shape index (κ3) is 5.08. The maximum atomic E-state index is 11.8. The Hall–Kier alpha value is -0.570. The van der Waals surface area contributed by atoms with Gasteiger partial charge in [0.1, 0.15) is 0 Å². The van der Waals surface area contributed by atoms with Crippen molar-refractivity contribution in [2.45, 2.75) is 15.1 Å². The van der Waals surface area contributed by atoms with E-state index in [1.807, 2.05) is 30.5 Å². The fourth-order valence-corrected chi connectivity index (χ4v) is 4.04. The van der Waals surface area contributed by atoms with Crippen LogP contribution in [0.3, 0.4) is 0 Å². The molecule has 2 aromatic rings. The Balaban J connectivity index is 1.73. The number of hydrogen-bond donors (Lipinski definition) is 1. The molecule has 0 aliphatic carbocycles. The maximum absolute atomic E-state index is 11.8. The Morgan fingerprint density at radius 1 is 1.30 bits per heavy atom. The second-order valence-corrected chi connectivity index (χ2v) is 7.98. The third-order valence-electron chi connectivity index (χ3n) is 2.25. The monoisotopic (exact) mass is 389 g/mol. The van der Waals surface area contributed by atoms with Crippen molar-refractivity contribution in [3.63, 3.8) is 0 Å². The number of carbonyl (C=O) groups is 1. The van der Waals surface area contributed by atoms with Crippen molar-refractivity contribution < 1.29 is 4.79 Å². The summed E-state index contributed by atoms with van der Waals surface area (Å²) in [6.45, 7) is 0. The van der Waals surface area contributed by atoms with Crippen molar-refractivity contribution in [3.05, 3.63) is 28.7 Å². The summed E-state index contributed by atoms with van der Waals surface area (Å²) in [5.74, 6) is 0.709. The molecule has 0 saturated heterocycles. The fourth-order valence-electron chi connectivity index (χ4n) is 1.33. The Kier molecular flexibility index (Phi) is 6.34. The van der Waals surface area contributed by atoms with E-state index in [-0.39, 0.29) is 5.91 Å². The van der Waals surface area contributed by atoms with Gasteiger partial charge in [-0.1, -0.05) is 50.8 Å². The summed E-state index contributed by atoms with van der Waals surface area (Å²) >= 11 is 8.06. The Bertz CT molecular complexity index is 574. The van der Waals surface area contributed by atoms with E-state index in [9.17, 15) is 4.79 Å². The summed E-state index contributed by atoms with van der Waals surface area (Å²) in [5.41, 5.74) is 0.809. The number of carbonyl (C=O) groups excluding carboxylic acids is 1. The van der Waals surface area contributed by atoms with Gasteiger partial charge in [0.25, 0.3) is 0 Å². The van der Waals surface area contributed by atoms with Crippen molar-refractivity contribution in [3.8, 4) is 0 Å². The van der Waals surface area contributed by atoms with Crippen LogP contribution in [-0.4, -0.2) is 28.1 Å². The Labute approximate surface area is 138 Å². The topological polar surface area (TPSA) is 54.9 Å². The van der Waals surface area contributed by atoms with Crippen molar-refractivity contribution in [2.24, 2.45) is 0 Å². The van der Waals surface area contributed by atoms with E-state index in [2.05, 4.69) is 31.4 Å². The maximum Gasteiger partial charge on any atom is 0.225 e. The van der Waals surface area contributed by atoms with E-state index >= 15 is 0 Å². The predicted molar refractivity (Wildman–Crippen MR) is 89.8 cm³/mol. The van der Waals surface area contributed by atoms with Crippen molar-refractivity contribution in [2.75, 3.05) is 17.3 Å². The number of halogens is 1. The lowest BCUT2D eigenvalue weighted by molar-refractivity contribution is -0.115. The quantitative estimate of drug-likeness (QED) is 0.752. The predicted octanol–water partition coefficient (Wildman–Crippen LogP) is 4.14. The number of thioether (sulfide) groups is 2. The number of benzene rings is 1. The van der Waals surface area contributed by atoms with Gasteiger partial charge in [-0.2, -0.15) is 0 Å². The van der Waals surface area contributed by atoms with Crippen LogP contribution < -0.4 is 5.32 Å². The van der Waals surface area contributed by atoms with E-state index in [0.717, 1.165) is 18.8 Å². The lowest BCUT2D eigenvalue weighted by atomic mass is 10.3. The standard InChI is InChI=1S/C12H12BrN3OS3/c1-18-11-15-16-12(20-11)19-7-6-10(17)14-9-4-2-8(13)3-5-9/h2-5H,6-7H2,1H3,(H,14,17). The van der Waals surface area contributed by atoms with Gasteiger partial charge in [0.05, 0.1) is 0 Å². The van der Waals surface area contributed by atoms with Gasteiger partial charge in [0, 0.05) is 22.3 Å². The van der Waals surface area contributed by atoms with Crippen LogP contribution in [0, 0.1) is 0 Å². The zero-order valence-corrected chi connectivity index (χ0v) is 14.7. The molecule has 0 spiro atoms. The van der Waals surface area contributed by atoms with Gasteiger partial charge in [0.15, 0.2) is 8.68 Å². The average molecular weight is 390 g/mol. The van der Waals surface area contributed by atoms with Crippen LogP contribution >= 0.6 is 50.8 Å². The molecule has 4 nitrogen and oxygen atoms in total. The van der Waals surface area contributed by atoms with E-state index in [4.69, 9.17) is 0 Å². The van der Waals surface area contributed by atoms with Crippen molar-refractivity contribution in [1.82, 2.24) is 10.2 Å². The number of anilines is 1. The van der Waals surface area contributed by atoms with E-state index < -0.39 is 0 Å². The van der Waals surface area contributed by atoms with E-state index in [1.54, 1.807) is 34.9 Å². The SMILES string of the molecule is CSc1nnc(SCCC(=O)Nc2ccc(Br)cc2)s1. The number of amides is 1. The van der Waals surface area contributed by atoms with Crippen LogP contribution in [0.1, 0.15) is 6.42 Å². The first kappa shape index (κ1) is 15.8.